The number of amides is 2. The summed E-state index contributed by atoms with van der Waals surface area (Å²) in [6.07, 6.45) is 33.6. The summed E-state index contributed by atoms with van der Waals surface area (Å²) in [5.74, 6) is -2.40. The Balaban J connectivity index is 2.28. The summed E-state index contributed by atoms with van der Waals surface area (Å²) in [5, 5.41) is 5.11. The van der Waals surface area contributed by atoms with Crippen molar-refractivity contribution in [1.29, 1.82) is 0 Å². The molecule has 0 aliphatic heterocycles. The van der Waals surface area contributed by atoms with Crippen molar-refractivity contribution < 1.29 is 28.7 Å². The van der Waals surface area contributed by atoms with E-state index in [1.807, 2.05) is 12.2 Å². The molecule has 0 saturated carbocycles. The quantitative estimate of drug-likeness (QED) is 0.123. The van der Waals surface area contributed by atoms with Crippen LogP contribution in [0.25, 0.3) is 0 Å². The Kier molecular flexibility index (Phi) is 21.3. The maximum atomic E-state index is 12.6. The van der Waals surface area contributed by atoms with Crippen LogP contribution in [0, 0.1) is 0 Å². The van der Waals surface area contributed by atoms with Crippen molar-refractivity contribution in [3.05, 3.63) is 103 Å². The van der Waals surface area contributed by atoms with Crippen molar-refractivity contribution in [2.45, 2.75) is 90.3 Å². The summed E-state index contributed by atoms with van der Waals surface area (Å²) >= 11 is 0. The molecular formula is C36H49N3O6. The summed E-state index contributed by atoms with van der Waals surface area (Å²) in [6.45, 7) is 5.08. The third-order valence-electron chi connectivity index (χ3n) is 6.30. The number of pyridine rings is 1. The van der Waals surface area contributed by atoms with Crippen LogP contribution < -0.4 is 10.6 Å². The number of carbonyl (C=O) groups excluding carboxylic acids is 4. The second-order valence-corrected chi connectivity index (χ2v) is 10.1. The van der Waals surface area contributed by atoms with Gasteiger partial charge in [-0.2, -0.15) is 0 Å². The van der Waals surface area contributed by atoms with Crippen LogP contribution >= 0.6 is 0 Å². The van der Waals surface area contributed by atoms with Crippen molar-refractivity contribution in [2.75, 3.05) is 7.11 Å². The summed E-state index contributed by atoms with van der Waals surface area (Å²) < 4.78 is 10.1. The topological polar surface area (TPSA) is 124 Å². The van der Waals surface area contributed by atoms with Gasteiger partial charge in [0.2, 0.25) is 5.91 Å². The Bertz CT molecular complexity index is 1200. The lowest BCUT2D eigenvalue weighted by molar-refractivity contribution is -0.158. The largest absolute Gasteiger partial charge is 0.467 e. The number of hydrogen-bond donors (Lipinski definition) is 2. The van der Waals surface area contributed by atoms with Crippen molar-refractivity contribution in [2.24, 2.45) is 0 Å². The van der Waals surface area contributed by atoms with Crippen molar-refractivity contribution in [1.82, 2.24) is 15.6 Å². The summed E-state index contributed by atoms with van der Waals surface area (Å²) in [6, 6.07) is 0.920. The highest BCUT2D eigenvalue weighted by atomic mass is 16.6. The highest BCUT2D eigenvalue weighted by Crippen LogP contribution is 2.07. The summed E-state index contributed by atoms with van der Waals surface area (Å²) in [4.78, 5) is 53.5. The molecule has 0 aliphatic carbocycles. The molecule has 0 spiro atoms. The highest BCUT2D eigenvalue weighted by molar-refractivity contribution is 5.96. The fourth-order valence-corrected chi connectivity index (χ4v) is 3.80. The maximum Gasteiger partial charge on any atom is 0.332 e. The van der Waals surface area contributed by atoms with E-state index < -0.39 is 36.0 Å². The van der Waals surface area contributed by atoms with Crippen LogP contribution in [0.4, 0.5) is 0 Å². The van der Waals surface area contributed by atoms with Gasteiger partial charge in [-0.15, -0.1) is 0 Å². The van der Waals surface area contributed by atoms with Crippen LogP contribution in [0.5, 0.6) is 0 Å². The number of allylic oxidation sites excluding steroid dienone is 12. The molecule has 0 aliphatic rings. The van der Waals surface area contributed by atoms with Gasteiger partial charge in [0.1, 0.15) is 12.1 Å². The SMILES string of the molecule is CCC=CCC=CCC=CCC=CCC=CCC=CCCC(=O)NC(C)C(=O)O[C@H](C)[C@H](NC(=O)c1cccnc1)C(=O)OC. The molecule has 244 valence electrons. The number of ether oxygens (including phenoxy) is 2. The molecule has 3 atom stereocenters. The van der Waals surface area contributed by atoms with Gasteiger partial charge in [-0.25, -0.2) is 9.59 Å². The van der Waals surface area contributed by atoms with Crippen molar-refractivity contribution in [3.8, 4) is 0 Å². The van der Waals surface area contributed by atoms with E-state index in [1.165, 1.54) is 39.4 Å². The van der Waals surface area contributed by atoms with Gasteiger partial charge in [0.25, 0.3) is 5.91 Å². The van der Waals surface area contributed by atoms with Crippen LogP contribution in [-0.2, 0) is 23.9 Å². The van der Waals surface area contributed by atoms with Crippen molar-refractivity contribution >= 4 is 23.8 Å². The van der Waals surface area contributed by atoms with E-state index >= 15 is 0 Å². The molecule has 1 rings (SSSR count). The predicted octanol–water partition coefficient (Wildman–Crippen LogP) is 6.27. The monoisotopic (exact) mass is 619 g/mol. The average Bonchev–Trinajstić information content (AvgIpc) is 3.04. The lowest BCUT2D eigenvalue weighted by Gasteiger charge is -2.24. The molecule has 9 nitrogen and oxygen atoms in total. The number of rotatable bonds is 21. The van der Waals surface area contributed by atoms with Crippen LogP contribution in [0.3, 0.4) is 0 Å². The molecule has 2 amide bonds. The summed E-state index contributed by atoms with van der Waals surface area (Å²) in [5.41, 5.74) is 0.234. The molecule has 2 N–H and O–H groups in total. The first-order chi connectivity index (χ1) is 21.8. The van der Waals surface area contributed by atoms with E-state index in [0.717, 1.165) is 38.5 Å². The lowest BCUT2D eigenvalue weighted by Crippen LogP contribution is -2.51. The van der Waals surface area contributed by atoms with Gasteiger partial charge in [-0.1, -0.05) is 79.8 Å². The molecule has 0 radical (unpaired) electrons. The fourth-order valence-electron chi connectivity index (χ4n) is 3.80. The molecule has 0 fully saturated rings. The molecule has 1 aromatic rings. The van der Waals surface area contributed by atoms with E-state index in [-0.39, 0.29) is 17.9 Å². The molecule has 1 heterocycles. The molecule has 1 unspecified atom stereocenters. The van der Waals surface area contributed by atoms with E-state index in [4.69, 9.17) is 9.47 Å². The second kappa shape index (κ2) is 24.9. The van der Waals surface area contributed by atoms with E-state index in [9.17, 15) is 19.2 Å². The maximum absolute atomic E-state index is 12.6. The van der Waals surface area contributed by atoms with Gasteiger partial charge in [-0.3, -0.25) is 14.6 Å². The normalized spacial score (nSPS) is 14.0. The summed E-state index contributed by atoms with van der Waals surface area (Å²) in [7, 11) is 1.17. The Labute approximate surface area is 268 Å². The zero-order valence-corrected chi connectivity index (χ0v) is 27.0. The Hall–Kier alpha value is -4.53. The number of esters is 2. The molecule has 9 heteroatoms. The van der Waals surface area contributed by atoms with E-state index in [0.29, 0.717) is 6.42 Å². The minimum atomic E-state index is -1.25. The standard InChI is InChI=1S/C36H49N3O6/c1-5-6-7-8-9-10-11-12-13-14-15-16-17-18-19-20-21-22-23-26-32(40)38-29(2)35(42)45-30(3)33(36(43)44-4)39-34(41)31-25-24-27-37-28-31/h6-7,9-10,12-13,15-16,18-19,21-22,24-25,27-30,33H,5,8,11,14,17,20,23,26H2,1-4H3,(H,38,40)(H,39,41)/t29?,30-,33+/m1/s1. The Morgan fingerprint density at radius 3 is 1.80 bits per heavy atom. The van der Waals surface area contributed by atoms with Gasteiger partial charge in [0.05, 0.1) is 12.7 Å². The fraction of sp³-hybridized carbons (Fsp3) is 0.417. The number of aromatic nitrogens is 1. The first-order valence-corrected chi connectivity index (χ1v) is 15.5. The highest BCUT2D eigenvalue weighted by Gasteiger charge is 2.32. The minimum absolute atomic E-state index is 0.210. The van der Waals surface area contributed by atoms with Gasteiger partial charge in [0, 0.05) is 18.8 Å². The van der Waals surface area contributed by atoms with Crippen LogP contribution in [0.15, 0.2) is 97.4 Å². The first kappa shape index (κ1) is 38.5. The number of nitrogens with zero attached hydrogens (tertiary/aromatic N) is 1. The van der Waals surface area contributed by atoms with Gasteiger partial charge < -0.3 is 20.1 Å². The number of nitrogens with one attached hydrogen (secondary N) is 2. The molecule has 45 heavy (non-hydrogen) atoms. The van der Waals surface area contributed by atoms with Crippen molar-refractivity contribution in [3.63, 3.8) is 0 Å². The van der Waals surface area contributed by atoms with Gasteiger partial charge in [-0.05, 0) is 70.9 Å². The smallest absolute Gasteiger partial charge is 0.332 e. The molecule has 0 aromatic carbocycles. The Morgan fingerprint density at radius 2 is 1.31 bits per heavy atom. The van der Waals surface area contributed by atoms with Gasteiger partial charge >= 0.3 is 11.9 Å². The molecule has 1 aromatic heterocycles. The molecule has 0 saturated heterocycles. The zero-order valence-electron chi connectivity index (χ0n) is 27.0. The lowest BCUT2D eigenvalue weighted by atomic mass is 10.1. The van der Waals surface area contributed by atoms with E-state index in [2.05, 4.69) is 83.3 Å². The number of hydrogen-bond acceptors (Lipinski definition) is 7. The van der Waals surface area contributed by atoms with Crippen LogP contribution in [0.2, 0.25) is 0 Å². The minimum Gasteiger partial charge on any atom is -0.467 e. The van der Waals surface area contributed by atoms with Gasteiger partial charge in [0.15, 0.2) is 6.04 Å². The third kappa shape index (κ3) is 18.7. The van der Waals surface area contributed by atoms with Crippen LogP contribution in [-0.4, -0.2) is 54.0 Å². The number of methoxy groups -OCH3 is 1. The predicted molar refractivity (Wildman–Crippen MR) is 178 cm³/mol. The molecular weight excluding hydrogens is 570 g/mol. The van der Waals surface area contributed by atoms with E-state index in [1.54, 1.807) is 6.07 Å². The molecule has 0 bridgehead atoms. The second-order valence-electron chi connectivity index (χ2n) is 10.1. The Morgan fingerprint density at radius 1 is 0.778 bits per heavy atom. The third-order valence-corrected chi connectivity index (χ3v) is 6.30. The average molecular weight is 620 g/mol. The van der Waals surface area contributed by atoms with Crippen LogP contribution in [0.1, 0.15) is 82.5 Å². The number of carbonyl (C=O) groups is 4. The first-order valence-electron chi connectivity index (χ1n) is 15.5. The zero-order chi connectivity index (χ0) is 33.1.